The smallest absolute Gasteiger partial charge is 0.273 e. The Kier molecular flexibility index (Phi) is 5.10. The quantitative estimate of drug-likeness (QED) is 0.468. The van der Waals surface area contributed by atoms with E-state index < -0.39 is 10.8 Å². The van der Waals surface area contributed by atoms with Crippen molar-refractivity contribution in [2.45, 2.75) is 23.8 Å². The summed E-state index contributed by atoms with van der Waals surface area (Å²) >= 11 is 1.36. The first kappa shape index (κ1) is 16.0. The Morgan fingerprint density at radius 2 is 2.14 bits per heavy atom. The Labute approximate surface area is 130 Å². The van der Waals surface area contributed by atoms with Gasteiger partial charge in [-0.1, -0.05) is 30.0 Å². The molecule has 0 unspecified atom stereocenters. The maximum absolute atomic E-state index is 11.0. The number of aromatic nitrogens is 3. The van der Waals surface area contributed by atoms with Crippen LogP contribution >= 0.6 is 11.8 Å². The number of rotatable bonds is 7. The maximum atomic E-state index is 11.0. The van der Waals surface area contributed by atoms with Gasteiger partial charge < -0.3 is 10.3 Å². The molecule has 0 aliphatic carbocycles. The van der Waals surface area contributed by atoms with Crippen LogP contribution in [0.25, 0.3) is 0 Å². The molecular weight excluding hydrogens is 306 g/mol. The molecule has 0 fully saturated rings. The Hall–Kier alpha value is -2.42. The van der Waals surface area contributed by atoms with E-state index >= 15 is 0 Å². The van der Waals surface area contributed by atoms with Gasteiger partial charge in [0, 0.05) is 37.3 Å². The number of thioether (sulfide) groups is 1. The van der Waals surface area contributed by atoms with Gasteiger partial charge in [0.2, 0.25) is 5.91 Å². The van der Waals surface area contributed by atoms with E-state index in [1.165, 1.54) is 17.8 Å². The standard InChI is InChI=1S/C13H15N5O3S/c1-17-12(7-6-11(14)19)15-16-13(17)22-8-9-4-2-3-5-10(9)18(20)21/h2-5H,6-8H2,1H3,(H2,14,19). The van der Waals surface area contributed by atoms with Gasteiger partial charge in [-0.25, -0.2) is 0 Å². The number of hydrogen-bond donors (Lipinski definition) is 1. The monoisotopic (exact) mass is 321 g/mol. The molecule has 9 heteroatoms. The molecular formula is C13H15N5O3S. The fraction of sp³-hybridized carbons (Fsp3) is 0.308. The molecule has 0 spiro atoms. The van der Waals surface area contributed by atoms with Gasteiger partial charge in [-0.15, -0.1) is 10.2 Å². The number of nitro groups is 1. The number of carbonyl (C=O) groups is 1. The predicted molar refractivity (Wildman–Crippen MR) is 81.2 cm³/mol. The van der Waals surface area contributed by atoms with Crippen molar-refractivity contribution in [3.8, 4) is 0 Å². The van der Waals surface area contributed by atoms with Gasteiger partial charge in [0.05, 0.1) is 4.92 Å². The molecule has 2 rings (SSSR count). The van der Waals surface area contributed by atoms with Crippen LogP contribution in [0.2, 0.25) is 0 Å². The summed E-state index contributed by atoms with van der Waals surface area (Å²) in [5, 5.41) is 19.7. The van der Waals surface area contributed by atoms with Gasteiger partial charge in [-0.05, 0) is 0 Å². The van der Waals surface area contributed by atoms with Crippen LogP contribution in [0.4, 0.5) is 5.69 Å². The highest BCUT2D eigenvalue weighted by atomic mass is 32.2. The molecule has 0 bridgehead atoms. The van der Waals surface area contributed by atoms with Gasteiger partial charge >= 0.3 is 0 Å². The largest absolute Gasteiger partial charge is 0.370 e. The van der Waals surface area contributed by atoms with Gasteiger partial charge in [0.15, 0.2) is 5.16 Å². The highest BCUT2D eigenvalue weighted by Crippen LogP contribution is 2.26. The van der Waals surface area contributed by atoms with E-state index in [0.717, 1.165) is 0 Å². The summed E-state index contributed by atoms with van der Waals surface area (Å²) in [6.45, 7) is 0. The summed E-state index contributed by atoms with van der Waals surface area (Å²) in [7, 11) is 1.79. The van der Waals surface area contributed by atoms with Crippen LogP contribution in [0, 0.1) is 10.1 Å². The number of nitrogens with two attached hydrogens (primary N) is 1. The summed E-state index contributed by atoms with van der Waals surface area (Å²) in [6.07, 6.45) is 0.631. The van der Waals surface area contributed by atoms with Crippen molar-refractivity contribution in [1.82, 2.24) is 14.8 Å². The number of hydrogen-bond acceptors (Lipinski definition) is 6. The molecule has 0 radical (unpaired) electrons. The van der Waals surface area contributed by atoms with Crippen LogP contribution in [0.1, 0.15) is 17.8 Å². The number of para-hydroxylation sites is 1. The third-order valence-electron chi connectivity index (χ3n) is 3.07. The van der Waals surface area contributed by atoms with Crippen LogP contribution in [0.3, 0.4) is 0 Å². The number of amides is 1. The summed E-state index contributed by atoms with van der Waals surface area (Å²) < 4.78 is 1.77. The molecule has 8 nitrogen and oxygen atoms in total. The molecule has 1 aromatic heterocycles. The second kappa shape index (κ2) is 7.03. The number of nitro benzene ring substituents is 1. The first-order valence-electron chi connectivity index (χ1n) is 6.50. The van der Waals surface area contributed by atoms with Gasteiger partial charge in [-0.2, -0.15) is 0 Å². The lowest BCUT2D eigenvalue weighted by molar-refractivity contribution is -0.385. The molecule has 0 saturated carbocycles. The average molecular weight is 321 g/mol. The first-order chi connectivity index (χ1) is 10.5. The Morgan fingerprint density at radius 3 is 2.82 bits per heavy atom. The van der Waals surface area contributed by atoms with E-state index in [1.807, 2.05) is 0 Å². The fourth-order valence-electron chi connectivity index (χ4n) is 1.88. The molecule has 22 heavy (non-hydrogen) atoms. The third kappa shape index (κ3) is 3.82. The van der Waals surface area contributed by atoms with Crippen molar-refractivity contribution in [3.05, 3.63) is 45.8 Å². The summed E-state index contributed by atoms with van der Waals surface area (Å²) in [6, 6.07) is 6.59. The molecule has 116 valence electrons. The van der Waals surface area contributed by atoms with E-state index in [2.05, 4.69) is 10.2 Å². The fourth-order valence-corrected chi connectivity index (χ4v) is 2.80. The topological polar surface area (TPSA) is 117 Å². The molecule has 1 heterocycles. The zero-order valence-electron chi connectivity index (χ0n) is 11.9. The lowest BCUT2D eigenvalue weighted by atomic mass is 10.2. The third-order valence-corrected chi connectivity index (χ3v) is 4.13. The lowest BCUT2D eigenvalue weighted by Crippen LogP contribution is -2.12. The van der Waals surface area contributed by atoms with E-state index in [9.17, 15) is 14.9 Å². The number of carbonyl (C=O) groups excluding carboxylic acids is 1. The molecule has 2 N–H and O–H groups in total. The second-order valence-electron chi connectivity index (χ2n) is 4.60. The minimum atomic E-state index is -0.398. The second-order valence-corrected chi connectivity index (χ2v) is 5.54. The van der Waals surface area contributed by atoms with Crippen LogP contribution in [-0.2, 0) is 24.0 Å². The number of aryl methyl sites for hydroxylation is 1. The number of primary amides is 1. The summed E-state index contributed by atoms with van der Waals surface area (Å²) in [4.78, 5) is 21.4. The molecule has 1 amide bonds. The zero-order valence-corrected chi connectivity index (χ0v) is 12.7. The van der Waals surface area contributed by atoms with Crippen molar-refractivity contribution in [1.29, 1.82) is 0 Å². The van der Waals surface area contributed by atoms with Crippen LogP contribution in [0.15, 0.2) is 29.4 Å². The van der Waals surface area contributed by atoms with Gasteiger partial charge in [0.25, 0.3) is 5.69 Å². The molecule has 1 aromatic carbocycles. The van der Waals surface area contributed by atoms with Crippen molar-refractivity contribution in [3.63, 3.8) is 0 Å². The molecule has 0 saturated heterocycles. The maximum Gasteiger partial charge on any atom is 0.273 e. The molecule has 0 aliphatic heterocycles. The molecule has 0 atom stereocenters. The zero-order chi connectivity index (χ0) is 16.1. The van der Waals surface area contributed by atoms with E-state index in [1.54, 1.807) is 29.8 Å². The van der Waals surface area contributed by atoms with Crippen LogP contribution < -0.4 is 5.73 Å². The summed E-state index contributed by atoms with van der Waals surface area (Å²) in [5.74, 6) is 0.680. The normalized spacial score (nSPS) is 10.6. The number of benzene rings is 1. The van der Waals surface area contributed by atoms with E-state index in [4.69, 9.17) is 5.73 Å². The SMILES string of the molecule is Cn1c(CCC(N)=O)nnc1SCc1ccccc1[N+](=O)[O-]. The highest BCUT2D eigenvalue weighted by molar-refractivity contribution is 7.98. The minimum absolute atomic E-state index is 0.0890. The van der Waals surface area contributed by atoms with E-state index in [-0.39, 0.29) is 12.1 Å². The average Bonchev–Trinajstić information content (AvgIpc) is 2.83. The summed E-state index contributed by atoms with van der Waals surface area (Å²) in [5.41, 5.74) is 5.82. The predicted octanol–water partition coefficient (Wildman–Crippen LogP) is 1.43. The number of nitrogens with zero attached hydrogens (tertiary/aromatic N) is 4. The highest BCUT2D eigenvalue weighted by Gasteiger charge is 2.15. The molecule has 0 aliphatic rings. The Morgan fingerprint density at radius 1 is 1.41 bits per heavy atom. The van der Waals surface area contributed by atoms with Crippen LogP contribution in [-0.4, -0.2) is 25.6 Å². The van der Waals surface area contributed by atoms with Crippen LogP contribution in [0.5, 0.6) is 0 Å². The van der Waals surface area contributed by atoms with Crippen molar-refractivity contribution in [2.75, 3.05) is 0 Å². The Balaban J connectivity index is 2.06. The molecule has 2 aromatic rings. The van der Waals surface area contributed by atoms with Gasteiger partial charge in [0.1, 0.15) is 5.82 Å². The Bertz CT molecular complexity index is 701. The first-order valence-corrected chi connectivity index (χ1v) is 7.49. The minimum Gasteiger partial charge on any atom is -0.370 e. The van der Waals surface area contributed by atoms with Crippen molar-refractivity contribution in [2.24, 2.45) is 12.8 Å². The van der Waals surface area contributed by atoms with E-state index in [0.29, 0.717) is 28.7 Å². The van der Waals surface area contributed by atoms with Gasteiger partial charge in [-0.3, -0.25) is 14.9 Å². The van der Waals surface area contributed by atoms with Crippen molar-refractivity contribution >= 4 is 23.4 Å². The van der Waals surface area contributed by atoms with Crippen molar-refractivity contribution < 1.29 is 9.72 Å². The lowest BCUT2D eigenvalue weighted by Gasteiger charge is -2.04.